The topological polar surface area (TPSA) is 68.1 Å². The first-order chi connectivity index (χ1) is 10.4. The standard InChI is InChI=1S/C15H20N4O2S/c1-18-15(6-8-16-18)14-5-3-4-13(17-14)10-12-7-9-19(11-12)22(2,20)21/h3-6,8,12H,7,9-11H2,1-2H3. The molecule has 1 unspecified atom stereocenters. The predicted molar refractivity (Wildman–Crippen MR) is 84.7 cm³/mol. The summed E-state index contributed by atoms with van der Waals surface area (Å²) in [7, 11) is -1.18. The van der Waals surface area contributed by atoms with Crippen LogP contribution in [-0.2, 0) is 23.5 Å². The van der Waals surface area contributed by atoms with Gasteiger partial charge in [0.05, 0.1) is 17.6 Å². The number of rotatable bonds is 4. The van der Waals surface area contributed by atoms with Crippen LogP contribution in [0.1, 0.15) is 12.1 Å². The molecule has 1 atom stereocenters. The highest BCUT2D eigenvalue weighted by Gasteiger charge is 2.28. The summed E-state index contributed by atoms with van der Waals surface area (Å²) in [5, 5.41) is 4.17. The van der Waals surface area contributed by atoms with Gasteiger partial charge in [0.1, 0.15) is 0 Å². The van der Waals surface area contributed by atoms with E-state index in [1.54, 1.807) is 15.2 Å². The van der Waals surface area contributed by atoms with E-state index >= 15 is 0 Å². The first-order valence-electron chi connectivity index (χ1n) is 7.33. The lowest BCUT2D eigenvalue weighted by atomic mass is 10.0. The first kappa shape index (κ1) is 15.2. The molecule has 2 aromatic rings. The molecule has 0 N–H and O–H groups in total. The van der Waals surface area contributed by atoms with Crippen LogP contribution in [0, 0.1) is 5.92 Å². The summed E-state index contributed by atoms with van der Waals surface area (Å²) < 4.78 is 26.5. The number of hydrogen-bond donors (Lipinski definition) is 0. The number of hydrogen-bond acceptors (Lipinski definition) is 4. The summed E-state index contributed by atoms with van der Waals surface area (Å²) in [5.41, 5.74) is 2.88. The molecular weight excluding hydrogens is 300 g/mol. The molecule has 1 aliphatic rings. The van der Waals surface area contributed by atoms with Crippen molar-refractivity contribution in [2.24, 2.45) is 13.0 Å². The van der Waals surface area contributed by atoms with Crippen molar-refractivity contribution in [3.05, 3.63) is 36.2 Å². The molecule has 3 heterocycles. The van der Waals surface area contributed by atoms with Gasteiger partial charge in [0.2, 0.25) is 10.0 Å². The van der Waals surface area contributed by atoms with E-state index in [-0.39, 0.29) is 0 Å². The fraction of sp³-hybridized carbons (Fsp3) is 0.467. The third-order valence-electron chi connectivity index (χ3n) is 4.11. The van der Waals surface area contributed by atoms with Crippen LogP contribution >= 0.6 is 0 Å². The molecule has 1 saturated heterocycles. The SMILES string of the molecule is Cn1nccc1-c1cccc(CC2CCN(S(C)(=O)=O)C2)n1. The van der Waals surface area contributed by atoms with Crippen LogP contribution in [0.4, 0.5) is 0 Å². The monoisotopic (exact) mass is 320 g/mol. The van der Waals surface area contributed by atoms with Gasteiger partial charge < -0.3 is 0 Å². The first-order valence-corrected chi connectivity index (χ1v) is 9.18. The summed E-state index contributed by atoms with van der Waals surface area (Å²) in [6, 6.07) is 7.90. The van der Waals surface area contributed by atoms with Crippen molar-refractivity contribution in [2.75, 3.05) is 19.3 Å². The van der Waals surface area contributed by atoms with Crippen molar-refractivity contribution in [1.82, 2.24) is 19.1 Å². The van der Waals surface area contributed by atoms with Gasteiger partial charge in [-0.25, -0.2) is 12.7 Å². The van der Waals surface area contributed by atoms with E-state index in [9.17, 15) is 8.42 Å². The third kappa shape index (κ3) is 3.20. The average molecular weight is 320 g/mol. The molecule has 0 aliphatic carbocycles. The minimum absolute atomic E-state index is 0.337. The zero-order chi connectivity index (χ0) is 15.7. The zero-order valence-electron chi connectivity index (χ0n) is 12.8. The highest BCUT2D eigenvalue weighted by atomic mass is 32.2. The highest BCUT2D eigenvalue weighted by molar-refractivity contribution is 7.88. The summed E-state index contributed by atoms with van der Waals surface area (Å²) in [4.78, 5) is 4.70. The van der Waals surface area contributed by atoms with E-state index in [1.807, 2.05) is 31.3 Å². The normalized spacial score (nSPS) is 19.6. The largest absolute Gasteiger partial charge is 0.266 e. The molecule has 0 aromatic carbocycles. The van der Waals surface area contributed by atoms with Crippen LogP contribution < -0.4 is 0 Å². The maximum Gasteiger partial charge on any atom is 0.211 e. The van der Waals surface area contributed by atoms with Gasteiger partial charge >= 0.3 is 0 Å². The lowest BCUT2D eigenvalue weighted by Crippen LogP contribution is -2.27. The number of aryl methyl sites for hydroxylation is 1. The molecule has 0 bridgehead atoms. The highest BCUT2D eigenvalue weighted by Crippen LogP contribution is 2.23. The molecule has 0 spiro atoms. The number of sulfonamides is 1. The Morgan fingerprint density at radius 3 is 2.77 bits per heavy atom. The van der Waals surface area contributed by atoms with Crippen LogP contribution in [-0.4, -0.2) is 46.8 Å². The fourth-order valence-corrected chi connectivity index (χ4v) is 3.84. The smallest absolute Gasteiger partial charge is 0.211 e. The number of aromatic nitrogens is 3. The molecule has 6 nitrogen and oxygen atoms in total. The van der Waals surface area contributed by atoms with Crippen LogP contribution in [0.3, 0.4) is 0 Å². The Hall–Kier alpha value is -1.73. The molecule has 0 saturated carbocycles. The van der Waals surface area contributed by atoms with Gasteiger partial charge in [0, 0.05) is 32.0 Å². The third-order valence-corrected chi connectivity index (χ3v) is 5.38. The van der Waals surface area contributed by atoms with Gasteiger partial charge in [-0.05, 0) is 37.0 Å². The van der Waals surface area contributed by atoms with Crippen LogP contribution in [0.15, 0.2) is 30.5 Å². The van der Waals surface area contributed by atoms with Crippen molar-refractivity contribution >= 4 is 10.0 Å². The quantitative estimate of drug-likeness (QED) is 0.852. The van der Waals surface area contributed by atoms with E-state index < -0.39 is 10.0 Å². The molecule has 22 heavy (non-hydrogen) atoms. The summed E-state index contributed by atoms with van der Waals surface area (Å²) in [6.45, 7) is 1.21. The Balaban J connectivity index is 1.73. The molecule has 1 aliphatic heterocycles. The van der Waals surface area contributed by atoms with E-state index in [0.717, 1.165) is 29.9 Å². The second-order valence-electron chi connectivity index (χ2n) is 5.83. The second-order valence-corrected chi connectivity index (χ2v) is 7.82. The van der Waals surface area contributed by atoms with Gasteiger partial charge in [0.25, 0.3) is 0 Å². The van der Waals surface area contributed by atoms with Gasteiger partial charge in [0.15, 0.2) is 0 Å². The maximum absolute atomic E-state index is 11.6. The molecule has 118 valence electrons. The average Bonchev–Trinajstić information content (AvgIpc) is 3.07. The number of nitrogens with zero attached hydrogens (tertiary/aromatic N) is 4. The van der Waals surface area contributed by atoms with E-state index in [0.29, 0.717) is 19.0 Å². The number of pyridine rings is 1. The Morgan fingerprint density at radius 2 is 2.14 bits per heavy atom. The van der Waals surface area contributed by atoms with Crippen LogP contribution in [0.25, 0.3) is 11.4 Å². The predicted octanol–water partition coefficient (Wildman–Crippen LogP) is 1.31. The van der Waals surface area contributed by atoms with Crippen molar-refractivity contribution in [1.29, 1.82) is 0 Å². The van der Waals surface area contributed by atoms with Gasteiger partial charge in [-0.1, -0.05) is 6.07 Å². The molecule has 0 amide bonds. The van der Waals surface area contributed by atoms with Gasteiger partial charge in [-0.3, -0.25) is 9.67 Å². The summed E-state index contributed by atoms with van der Waals surface area (Å²) >= 11 is 0. The van der Waals surface area contributed by atoms with Crippen molar-refractivity contribution in [3.8, 4) is 11.4 Å². The lowest BCUT2D eigenvalue weighted by molar-refractivity contribution is 0.459. The molecule has 1 fully saturated rings. The zero-order valence-corrected chi connectivity index (χ0v) is 13.6. The minimum Gasteiger partial charge on any atom is -0.266 e. The lowest BCUT2D eigenvalue weighted by Gasteiger charge is -2.13. The Bertz CT molecular complexity index is 769. The molecule has 7 heteroatoms. The molecule has 0 radical (unpaired) electrons. The molecular formula is C15H20N4O2S. The molecule has 3 rings (SSSR count). The Kier molecular flexibility index (Phi) is 4.01. The van der Waals surface area contributed by atoms with Crippen molar-refractivity contribution < 1.29 is 8.42 Å². The van der Waals surface area contributed by atoms with Crippen molar-refractivity contribution in [3.63, 3.8) is 0 Å². The Labute approximate surface area is 130 Å². The van der Waals surface area contributed by atoms with E-state index in [2.05, 4.69) is 5.10 Å². The van der Waals surface area contributed by atoms with Crippen LogP contribution in [0.5, 0.6) is 0 Å². The van der Waals surface area contributed by atoms with Crippen molar-refractivity contribution in [2.45, 2.75) is 12.8 Å². The molecule has 2 aromatic heterocycles. The van der Waals surface area contributed by atoms with Crippen LogP contribution in [0.2, 0.25) is 0 Å². The maximum atomic E-state index is 11.6. The fourth-order valence-electron chi connectivity index (χ4n) is 2.92. The van der Waals surface area contributed by atoms with Gasteiger partial charge in [-0.2, -0.15) is 5.10 Å². The van der Waals surface area contributed by atoms with E-state index in [4.69, 9.17) is 4.98 Å². The van der Waals surface area contributed by atoms with E-state index in [1.165, 1.54) is 6.26 Å². The summed E-state index contributed by atoms with van der Waals surface area (Å²) in [6.07, 6.45) is 4.73. The van der Waals surface area contributed by atoms with Gasteiger partial charge in [-0.15, -0.1) is 0 Å². The summed E-state index contributed by atoms with van der Waals surface area (Å²) in [5.74, 6) is 0.337. The second kappa shape index (κ2) is 5.81. The Morgan fingerprint density at radius 1 is 1.32 bits per heavy atom. The minimum atomic E-state index is -3.08.